The first kappa shape index (κ1) is 21.6. The molecule has 1 saturated carbocycles. The van der Waals surface area contributed by atoms with Crippen LogP contribution < -0.4 is 5.32 Å². The van der Waals surface area contributed by atoms with Gasteiger partial charge in [-0.2, -0.15) is 0 Å². The highest BCUT2D eigenvalue weighted by Gasteiger charge is 2.58. The first-order valence-corrected chi connectivity index (χ1v) is 11.1. The van der Waals surface area contributed by atoms with Gasteiger partial charge in [0.1, 0.15) is 12.1 Å². The number of rotatable bonds is 5. The summed E-state index contributed by atoms with van der Waals surface area (Å²) < 4.78 is 14.4. The molecular weight excluding hydrogens is 439 g/mol. The van der Waals surface area contributed by atoms with Crippen LogP contribution in [0, 0.1) is 29.0 Å². The van der Waals surface area contributed by atoms with Crippen LogP contribution >= 0.6 is 11.6 Å². The van der Waals surface area contributed by atoms with E-state index in [2.05, 4.69) is 45.7 Å². The second kappa shape index (κ2) is 8.26. The molecule has 1 saturated heterocycles. The van der Waals surface area contributed by atoms with Gasteiger partial charge in [0.2, 0.25) is 0 Å². The maximum atomic E-state index is 14.4. The predicted molar refractivity (Wildman–Crippen MR) is 128 cm³/mol. The smallest absolute Gasteiger partial charge is 0.165 e. The molecule has 5 rings (SSSR count). The summed E-state index contributed by atoms with van der Waals surface area (Å²) in [6, 6.07) is 8.46. The number of carbonyl (C=O) groups is 1. The molecule has 0 radical (unpaired) electrons. The molecule has 2 heterocycles. The van der Waals surface area contributed by atoms with Crippen molar-refractivity contribution in [3.8, 4) is 11.8 Å². The van der Waals surface area contributed by atoms with Gasteiger partial charge >= 0.3 is 0 Å². The quantitative estimate of drug-likeness (QED) is 0.439. The molecule has 0 bridgehead atoms. The van der Waals surface area contributed by atoms with E-state index < -0.39 is 5.82 Å². The Morgan fingerprint density at radius 3 is 3.03 bits per heavy atom. The van der Waals surface area contributed by atoms with E-state index >= 15 is 0 Å². The van der Waals surface area contributed by atoms with Gasteiger partial charge in [-0.25, -0.2) is 14.4 Å². The minimum absolute atomic E-state index is 0.0171. The van der Waals surface area contributed by atoms with Crippen molar-refractivity contribution in [2.24, 2.45) is 11.3 Å². The second-order valence-corrected chi connectivity index (χ2v) is 9.23. The molecule has 1 aliphatic heterocycles. The number of nitrogens with one attached hydrogen (secondary N) is 1. The van der Waals surface area contributed by atoms with Crippen LogP contribution in [-0.4, -0.2) is 40.8 Å². The van der Waals surface area contributed by atoms with Gasteiger partial charge < -0.3 is 10.2 Å². The number of hydrogen-bond donors (Lipinski definition) is 1. The minimum Gasteiger partial charge on any atom is -0.337 e. The molecular formula is C26H22ClFN4O. The Hall–Kier alpha value is -3.27. The Labute approximate surface area is 196 Å². The molecule has 166 valence electrons. The Kier molecular flexibility index (Phi) is 5.40. The van der Waals surface area contributed by atoms with E-state index in [0.717, 1.165) is 30.6 Å². The number of piperidine rings is 1. The number of hydrogen-bond acceptors (Lipinski definition) is 5. The average molecular weight is 461 g/mol. The number of nitrogens with zero attached hydrogens (tertiary/aromatic N) is 3. The molecule has 2 atom stereocenters. The van der Waals surface area contributed by atoms with Crippen LogP contribution in [0.15, 0.2) is 49.3 Å². The maximum Gasteiger partial charge on any atom is 0.165 e. The SMILES string of the molecule is C=CC(=O)Cc1cc2c(Nc3cccc(Cl)c3F)ncnc2cc1C#C[C@]12C[C@H]1CN(C)C2. The highest BCUT2D eigenvalue weighted by Crippen LogP contribution is 2.56. The summed E-state index contributed by atoms with van der Waals surface area (Å²) in [4.78, 5) is 23.2. The number of likely N-dealkylation sites (tertiary alicyclic amines) is 1. The first-order chi connectivity index (χ1) is 15.9. The molecule has 0 unspecified atom stereocenters. The Balaban J connectivity index is 1.57. The van der Waals surface area contributed by atoms with Crippen molar-refractivity contribution in [3.63, 3.8) is 0 Å². The van der Waals surface area contributed by atoms with Crippen molar-refractivity contribution in [3.05, 3.63) is 71.3 Å². The Morgan fingerprint density at radius 1 is 1.42 bits per heavy atom. The average Bonchev–Trinajstić information content (AvgIpc) is 3.36. The summed E-state index contributed by atoms with van der Waals surface area (Å²) >= 11 is 5.92. The van der Waals surface area contributed by atoms with E-state index in [-0.39, 0.29) is 28.3 Å². The van der Waals surface area contributed by atoms with Crippen LogP contribution in [0.5, 0.6) is 0 Å². The van der Waals surface area contributed by atoms with Crippen molar-refractivity contribution >= 4 is 39.8 Å². The van der Waals surface area contributed by atoms with E-state index in [1.54, 1.807) is 12.1 Å². The molecule has 3 aromatic rings. The third-order valence-electron chi connectivity index (χ3n) is 6.42. The topological polar surface area (TPSA) is 58.1 Å². The molecule has 1 N–H and O–H groups in total. The van der Waals surface area contributed by atoms with Crippen molar-refractivity contribution in [2.75, 3.05) is 25.5 Å². The minimum atomic E-state index is -0.560. The highest BCUT2D eigenvalue weighted by molar-refractivity contribution is 6.31. The summed E-state index contributed by atoms with van der Waals surface area (Å²) in [5, 5.41) is 3.69. The third kappa shape index (κ3) is 4.10. The number of carbonyl (C=O) groups excluding carboxylic acids is 1. The first-order valence-electron chi connectivity index (χ1n) is 10.7. The standard InChI is InChI=1S/C26H22ClFN4O/c1-3-19(33)9-17-10-20-23(11-16(17)7-8-26-12-18(26)13-32(2)14-26)29-15-30-25(20)31-22-6-4-5-21(27)24(22)28/h3-6,10-11,15,18H,1,9,12-14H2,2H3,(H,29,30,31)/t18-,26+/m0/s1. The number of ketones is 1. The lowest BCUT2D eigenvalue weighted by atomic mass is 9.98. The fourth-order valence-corrected chi connectivity index (χ4v) is 4.79. The number of aromatic nitrogens is 2. The number of halogens is 2. The van der Waals surface area contributed by atoms with Crippen LogP contribution in [0.25, 0.3) is 10.9 Å². The monoisotopic (exact) mass is 460 g/mol. The fraction of sp³-hybridized carbons (Fsp3) is 0.269. The van der Waals surface area contributed by atoms with Gasteiger partial charge in [0.05, 0.1) is 16.2 Å². The van der Waals surface area contributed by atoms with Crippen LogP contribution in [-0.2, 0) is 11.2 Å². The fourth-order valence-electron chi connectivity index (χ4n) is 4.62. The summed E-state index contributed by atoms with van der Waals surface area (Å²) in [6.07, 6.45) is 4.02. The molecule has 33 heavy (non-hydrogen) atoms. The van der Waals surface area contributed by atoms with E-state index in [1.807, 2.05) is 12.1 Å². The lowest BCUT2D eigenvalue weighted by Gasteiger charge is -2.12. The van der Waals surface area contributed by atoms with E-state index in [0.29, 0.717) is 22.6 Å². The normalized spacial score (nSPS) is 21.2. The number of allylic oxidation sites excluding steroid dienone is 1. The van der Waals surface area contributed by atoms with Gasteiger partial charge in [0.15, 0.2) is 11.6 Å². The lowest BCUT2D eigenvalue weighted by Crippen LogP contribution is -2.19. The summed E-state index contributed by atoms with van der Waals surface area (Å²) in [5.74, 6) is 7.22. The third-order valence-corrected chi connectivity index (χ3v) is 6.71. The molecule has 2 fully saturated rings. The van der Waals surface area contributed by atoms with Crippen LogP contribution in [0.1, 0.15) is 17.5 Å². The van der Waals surface area contributed by atoms with Crippen molar-refractivity contribution in [2.45, 2.75) is 12.8 Å². The van der Waals surface area contributed by atoms with Crippen LogP contribution in [0.4, 0.5) is 15.9 Å². The second-order valence-electron chi connectivity index (χ2n) is 8.83. The Morgan fingerprint density at radius 2 is 2.27 bits per heavy atom. The summed E-state index contributed by atoms with van der Waals surface area (Å²) in [5.41, 5.74) is 2.46. The predicted octanol–water partition coefficient (Wildman–Crippen LogP) is 4.77. The van der Waals surface area contributed by atoms with E-state index in [9.17, 15) is 9.18 Å². The molecule has 1 aliphatic carbocycles. The molecule has 5 nitrogen and oxygen atoms in total. The van der Waals surface area contributed by atoms with Crippen molar-refractivity contribution in [1.82, 2.24) is 14.9 Å². The molecule has 2 aromatic carbocycles. The van der Waals surface area contributed by atoms with Gasteiger partial charge in [-0.1, -0.05) is 36.1 Å². The summed E-state index contributed by atoms with van der Waals surface area (Å²) in [6.45, 7) is 5.65. The van der Waals surface area contributed by atoms with Crippen LogP contribution in [0.2, 0.25) is 5.02 Å². The van der Waals surface area contributed by atoms with Crippen molar-refractivity contribution in [1.29, 1.82) is 0 Å². The zero-order chi connectivity index (χ0) is 23.2. The van der Waals surface area contributed by atoms with Crippen molar-refractivity contribution < 1.29 is 9.18 Å². The van der Waals surface area contributed by atoms with Gasteiger partial charge in [-0.15, -0.1) is 0 Å². The maximum absolute atomic E-state index is 14.4. The molecule has 7 heteroatoms. The number of anilines is 2. The molecule has 0 amide bonds. The van der Waals surface area contributed by atoms with Gasteiger partial charge in [0, 0.05) is 35.9 Å². The Bertz CT molecular complexity index is 1360. The number of benzene rings is 2. The summed E-state index contributed by atoms with van der Waals surface area (Å²) in [7, 11) is 2.12. The van der Waals surface area contributed by atoms with Gasteiger partial charge in [0.25, 0.3) is 0 Å². The molecule has 1 aromatic heterocycles. The van der Waals surface area contributed by atoms with Gasteiger partial charge in [-0.05, 0) is 55.3 Å². The highest BCUT2D eigenvalue weighted by atomic mass is 35.5. The largest absolute Gasteiger partial charge is 0.337 e. The zero-order valence-electron chi connectivity index (χ0n) is 18.2. The number of fused-ring (bicyclic) bond motifs is 2. The van der Waals surface area contributed by atoms with E-state index in [4.69, 9.17) is 11.6 Å². The van der Waals surface area contributed by atoms with Gasteiger partial charge in [-0.3, -0.25) is 4.79 Å². The molecule has 2 aliphatic rings. The molecule has 0 spiro atoms. The lowest BCUT2D eigenvalue weighted by molar-refractivity contribution is -0.114. The van der Waals surface area contributed by atoms with Crippen LogP contribution in [0.3, 0.4) is 0 Å². The zero-order valence-corrected chi connectivity index (χ0v) is 18.9. The van der Waals surface area contributed by atoms with E-state index in [1.165, 1.54) is 18.5 Å².